The fourth-order valence-electron chi connectivity index (χ4n) is 5.38. The second-order valence-electron chi connectivity index (χ2n) is 8.85. The van der Waals surface area contributed by atoms with Gasteiger partial charge in [0.1, 0.15) is 5.82 Å². The van der Waals surface area contributed by atoms with Crippen molar-refractivity contribution in [3.05, 3.63) is 36.5 Å². The third-order valence-electron chi connectivity index (χ3n) is 7.06. The van der Waals surface area contributed by atoms with Crippen molar-refractivity contribution in [1.82, 2.24) is 14.8 Å². The van der Waals surface area contributed by atoms with Gasteiger partial charge in [-0.2, -0.15) is 0 Å². The minimum atomic E-state index is 0.162. The van der Waals surface area contributed by atoms with Crippen molar-refractivity contribution in [2.24, 2.45) is 5.92 Å². The minimum Gasteiger partial charge on any atom is -0.378 e. The number of benzene rings is 1. The van der Waals surface area contributed by atoms with E-state index in [0.717, 1.165) is 70.8 Å². The first kappa shape index (κ1) is 19.8. The Kier molecular flexibility index (Phi) is 5.86. The Balaban J connectivity index is 1.20. The lowest BCUT2D eigenvalue weighted by molar-refractivity contribution is -0.141. The van der Waals surface area contributed by atoms with Crippen LogP contribution in [-0.2, 0) is 9.53 Å². The minimum absolute atomic E-state index is 0.162. The van der Waals surface area contributed by atoms with Crippen molar-refractivity contribution in [2.75, 3.05) is 57.4 Å². The standard InChI is InChI=1S/C24H32N4O2/c29-24(27-14-16-30-17-15-27)20-5-3-11-28(18-20)21-8-12-26(13-9-21)23-22-6-2-1-4-19(22)7-10-25-23/h1-2,4,6-7,10,20-21H,3,5,8-9,11-18H2/t20-/m0/s1. The molecule has 0 unspecified atom stereocenters. The summed E-state index contributed by atoms with van der Waals surface area (Å²) in [5.74, 6) is 1.63. The molecule has 0 aliphatic carbocycles. The molecule has 5 rings (SSSR count). The third-order valence-corrected chi connectivity index (χ3v) is 7.06. The Labute approximate surface area is 178 Å². The summed E-state index contributed by atoms with van der Waals surface area (Å²) in [5, 5.41) is 2.50. The van der Waals surface area contributed by atoms with E-state index in [1.54, 1.807) is 0 Å². The van der Waals surface area contributed by atoms with E-state index >= 15 is 0 Å². The number of morpholine rings is 1. The van der Waals surface area contributed by atoms with Crippen LogP contribution >= 0.6 is 0 Å². The van der Waals surface area contributed by atoms with Crippen LogP contribution < -0.4 is 4.90 Å². The predicted octanol–water partition coefficient (Wildman–Crippen LogP) is 2.77. The average Bonchev–Trinajstić information content (AvgIpc) is 2.84. The zero-order chi connectivity index (χ0) is 20.3. The van der Waals surface area contributed by atoms with E-state index in [9.17, 15) is 4.79 Å². The lowest BCUT2D eigenvalue weighted by atomic mass is 9.92. The van der Waals surface area contributed by atoms with Crippen LogP contribution in [0.5, 0.6) is 0 Å². The van der Waals surface area contributed by atoms with Crippen LogP contribution in [0.3, 0.4) is 0 Å². The molecule has 4 heterocycles. The molecule has 1 amide bonds. The third kappa shape index (κ3) is 4.03. The summed E-state index contributed by atoms with van der Waals surface area (Å²) in [6.07, 6.45) is 6.38. The second-order valence-corrected chi connectivity index (χ2v) is 8.85. The van der Waals surface area contributed by atoms with Gasteiger partial charge in [0.05, 0.1) is 19.1 Å². The summed E-state index contributed by atoms with van der Waals surface area (Å²) < 4.78 is 5.41. The normalized spacial score (nSPS) is 24.3. The fourth-order valence-corrected chi connectivity index (χ4v) is 5.38. The smallest absolute Gasteiger partial charge is 0.227 e. The number of hydrogen-bond donors (Lipinski definition) is 0. The van der Waals surface area contributed by atoms with E-state index in [2.05, 4.69) is 40.1 Å². The zero-order valence-corrected chi connectivity index (χ0v) is 17.7. The Bertz CT molecular complexity index is 869. The number of piperidine rings is 2. The summed E-state index contributed by atoms with van der Waals surface area (Å²) in [4.78, 5) is 24.7. The molecule has 0 saturated carbocycles. The van der Waals surface area contributed by atoms with Gasteiger partial charge in [0.15, 0.2) is 0 Å². The van der Waals surface area contributed by atoms with Gasteiger partial charge >= 0.3 is 0 Å². The lowest BCUT2D eigenvalue weighted by Crippen LogP contribution is -2.52. The van der Waals surface area contributed by atoms with Crippen LogP contribution in [0.4, 0.5) is 5.82 Å². The first-order valence-electron chi connectivity index (χ1n) is 11.5. The number of carbonyl (C=O) groups excluding carboxylic acids is 1. The monoisotopic (exact) mass is 408 g/mol. The summed E-state index contributed by atoms with van der Waals surface area (Å²) in [6.45, 7) is 7.00. The fraction of sp³-hybridized carbons (Fsp3) is 0.583. The van der Waals surface area contributed by atoms with Gasteiger partial charge in [-0.15, -0.1) is 0 Å². The Morgan fingerprint density at radius 3 is 2.60 bits per heavy atom. The molecule has 160 valence electrons. The number of pyridine rings is 1. The van der Waals surface area contributed by atoms with E-state index < -0.39 is 0 Å². The van der Waals surface area contributed by atoms with Gasteiger partial charge in [-0.25, -0.2) is 4.98 Å². The quantitative estimate of drug-likeness (QED) is 0.782. The highest BCUT2D eigenvalue weighted by molar-refractivity contribution is 5.92. The van der Waals surface area contributed by atoms with Crippen molar-refractivity contribution < 1.29 is 9.53 Å². The van der Waals surface area contributed by atoms with Crippen molar-refractivity contribution in [1.29, 1.82) is 0 Å². The number of amides is 1. The van der Waals surface area contributed by atoms with Crippen LogP contribution in [0.25, 0.3) is 10.8 Å². The second kappa shape index (κ2) is 8.90. The summed E-state index contributed by atoms with van der Waals surface area (Å²) in [5.41, 5.74) is 0. The Hall–Kier alpha value is -2.18. The molecule has 0 bridgehead atoms. The molecule has 6 heteroatoms. The molecule has 1 atom stereocenters. The molecule has 0 radical (unpaired) electrons. The predicted molar refractivity (Wildman–Crippen MR) is 119 cm³/mol. The molecule has 0 spiro atoms. The van der Waals surface area contributed by atoms with Crippen LogP contribution in [-0.4, -0.2) is 79.2 Å². The number of fused-ring (bicyclic) bond motifs is 1. The summed E-state index contributed by atoms with van der Waals surface area (Å²) >= 11 is 0. The van der Waals surface area contributed by atoms with E-state index in [1.165, 1.54) is 10.8 Å². The van der Waals surface area contributed by atoms with Gasteiger partial charge in [0, 0.05) is 50.3 Å². The van der Waals surface area contributed by atoms with Crippen LogP contribution in [0.2, 0.25) is 0 Å². The number of hydrogen-bond acceptors (Lipinski definition) is 5. The average molecular weight is 409 g/mol. The van der Waals surface area contributed by atoms with Gasteiger partial charge < -0.3 is 14.5 Å². The SMILES string of the molecule is O=C([C@H]1CCCN(C2CCN(c3nccc4ccccc34)CC2)C1)N1CCOCC1. The van der Waals surface area contributed by atoms with Crippen LogP contribution in [0, 0.1) is 5.92 Å². The van der Waals surface area contributed by atoms with Crippen molar-refractivity contribution >= 4 is 22.5 Å². The highest BCUT2D eigenvalue weighted by Crippen LogP contribution is 2.30. The van der Waals surface area contributed by atoms with Crippen LogP contribution in [0.1, 0.15) is 25.7 Å². The lowest BCUT2D eigenvalue weighted by Gasteiger charge is -2.43. The van der Waals surface area contributed by atoms with Gasteiger partial charge in [0.2, 0.25) is 5.91 Å². The number of rotatable bonds is 3. The maximum Gasteiger partial charge on any atom is 0.227 e. The number of ether oxygens (including phenoxy) is 1. The van der Waals surface area contributed by atoms with E-state index in [1.807, 2.05) is 11.1 Å². The maximum absolute atomic E-state index is 13.0. The maximum atomic E-state index is 13.0. The van der Waals surface area contributed by atoms with Gasteiger partial charge in [-0.1, -0.05) is 24.3 Å². The van der Waals surface area contributed by atoms with Gasteiger partial charge in [-0.3, -0.25) is 9.69 Å². The molecule has 6 nitrogen and oxygen atoms in total. The molecule has 3 aliphatic heterocycles. The molecule has 3 saturated heterocycles. The molecule has 2 aromatic rings. The Morgan fingerprint density at radius 1 is 0.967 bits per heavy atom. The van der Waals surface area contributed by atoms with E-state index in [0.29, 0.717) is 25.2 Å². The van der Waals surface area contributed by atoms with E-state index in [-0.39, 0.29) is 5.92 Å². The number of aromatic nitrogens is 1. The summed E-state index contributed by atoms with van der Waals surface area (Å²) in [7, 11) is 0. The van der Waals surface area contributed by atoms with Crippen LogP contribution in [0.15, 0.2) is 36.5 Å². The Morgan fingerprint density at radius 2 is 1.77 bits per heavy atom. The molecule has 1 aromatic carbocycles. The highest BCUT2D eigenvalue weighted by atomic mass is 16.5. The topological polar surface area (TPSA) is 48.9 Å². The van der Waals surface area contributed by atoms with Gasteiger partial charge in [-0.05, 0) is 43.7 Å². The number of nitrogens with zero attached hydrogens (tertiary/aromatic N) is 4. The molecule has 30 heavy (non-hydrogen) atoms. The molecule has 0 N–H and O–H groups in total. The number of likely N-dealkylation sites (tertiary alicyclic amines) is 1. The largest absolute Gasteiger partial charge is 0.378 e. The first-order valence-corrected chi connectivity index (χ1v) is 11.5. The zero-order valence-electron chi connectivity index (χ0n) is 17.7. The summed E-state index contributed by atoms with van der Waals surface area (Å²) in [6, 6.07) is 11.2. The van der Waals surface area contributed by atoms with Crippen molar-refractivity contribution in [3.8, 4) is 0 Å². The number of carbonyl (C=O) groups is 1. The highest BCUT2D eigenvalue weighted by Gasteiger charge is 2.34. The van der Waals surface area contributed by atoms with Gasteiger partial charge in [0.25, 0.3) is 0 Å². The van der Waals surface area contributed by atoms with Crippen molar-refractivity contribution in [3.63, 3.8) is 0 Å². The molecule has 1 aromatic heterocycles. The molecule has 3 aliphatic rings. The molecular weight excluding hydrogens is 376 g/mol. The van der Waals surface area contributed by atoms with Crippen molar-refractivity contribution in [2.45, 2.75) is 31.7 Å². The molecule has 3 fully saturated rings. The number of anilines is 1. The first-order chi connectivity index (χ1) is 14.8. The van der Waals surface area contributed by atoms with E-state index in [4.69, 9.17) is 9.72 Å². The molecular formula is C24H32N4O2.